The molecule has 0 atom stereocenters. The van der Waals surface area contributed by atoms with Crippen LogP contribution >= 0.6 is 11.3 Å². The van der Waals surface area contributed by atoms with E-state index in [1.807, 2.05) is 26.1 Å². The van der Waals surface area contributed by atoms with Crippen molar-refractivity contribution in [3.05, 3.63) is 40.1 Å². The Hall–Kier alpha value is -1.42. The van der Waals surface area contributed by atoms with Crippen LogP contribution in [0.5, 0.6) is 0 Å². The van der Waals surface area contributed by atoms with Gasteiger partial charge >= 0.3 is 0 Å². The molecule has 0 amide bonds. The number of hydrogen-bond acceptors (Lipinski definition) is 4. The Labute approximate surface area is 93.2 Å². The van der Waals surface area contributed by atoms with Gasteiger partial charge in [-0.2, -0.15) is 0 Å². The van der Waals surface area contributed by atoms with Gasteiger partial charge in [-0.05, 0) is 25.5 Å². The zero-order valence-corrected chi connectivity index (χ0v) is 9.64. The minimum absolute atomic E-state index is 0.773. The number of hydrogen-bond donors (Lipinski definition) is 1. The van der Waals surface area contributed by atoms with Crippen LogP contribution in [0.3, 0.4) is 0 Å². The molecule has 0 radical (unpaired) electrons. The monoisotopic (exact) mass is 219 g/mol. The lowest BCUT2D eigenvalue weighted by Gasteiger charge is -2.06. The first-order valence-corrected chi connectivity index (χ1v) is 5.69. The first-order chi connectivity index (χ1) is 7.25. The summed E-state index contributed by atoms with van der Waals surface area (Å²) in [6.45, 7) is 4.84. The fourth-order valence-corrected chi connectivity index (χ4v) is 1.96. The average molecular weight is 219 g/mol. The summed E-state index contributed by atoms with van der Waals surface area (Å²) in [5, 5.41) is 6.54. The third-order valence-electron chi connectivity index (χ3n) is 2.15. The number of nitrogens with zero attached hydrogens (tertiary/aromatic N) is 2. The summed E-state index contributed by atoms with van der Waals surface area (Å²) in [5.41, 5.74) is 3.37. The van der Waals surface area contributed by atoms with Gasteiger partial charge in [0, 0.05) is 23.5 Å². The van der Waals surface area contributed by atoms with Crippen molar-refractivity contribution in [3.8, 4) is 0 Å². The lowest BCUT2D eigenvalue weighted by molar-refractivity contribution is 1.05. The van der Waals surface area contributed by atoms with Gasteiger partial charge in [-0.3, -0.25) is 4.98 Å². The summed E-state index contributed by atoms with van der Waals surface area (Å²) in [6.07, 6.45) is 3.65. The molecule has 3 nitrogen and oxygen atoms in total. The van der Waals surface area contributed by atoms with E-state index in [-0.39, 0.29) is 0 Å². The van der Waals surface area contributed by atoms with E-state index in [9.17, 15) is 0 Å². The lowest BCUT2D eigenvalue weighted by atomic mass is 10.2. The lowest BCUT2D eigenvalue weighted by Crippen LogP contribution is -2.01. The molecule has 0 fully saturated rings. The molecular weight excluding hydrogens is 206 g/mol. The normalized spacial score (nSPS) is 10.3. The van der Waals surface area contributed by atoms with Crippen molar-refractivity contribution in [1.82, 2.24) is 9.97 Å². The van der Waals surface area contributed by atoms with Gasteiger partial charge in [0.05, 0.1) is 17.2 Å². The number of anilines is 1. The Balaban J connectivity index is 2.02. The van der Waals surface area contributed by atoms with E-state index in [1.165, 1.54) is 0 Å². The first kappa shape index (κ1) is 10.1. The molecule has 2 aromatic rings. The second kappa shape index (κ2) is 4.40. The minimum Gasteiger partial charge on any atom is -0.379 e. The fourth-order valence-electron chi connectivity index (χ4n) is 1.35. The SMILES string of the molecule is Cc1nc(CNc2ccncc2C)cs1. The summed E-state index contributed by atoms with van der Waals surface area (Å²) in [7, 11) is 0. The fraction of sp³-hybridized carbons (Fsp3) is 0.273. The molecule has 2 aromatic heterocycles. The zero-order valence-electron chi connectivity index (χ0n) is 8.82. The van der Waals surface area contributed by atoms with Crippen molar-refractivity contribution >= 4 is 17.0 Å². The molecule has 0 aliphatic heterocycles. The maximum absolute atomic E-state index is 4.40. The highest BCUT2D eigenvalue weighted by molar-refractivity contribution is 7.09. The largest absolute Gasteiger partial charge is 0.379 e. The highest BCUT2D eigenvalue weighted by Gasteiger charge is 1.99. The summed E-state index contributed by atoms with van der Waals surface area (Å²) >= 11 is 1.68. The van der Waals surface area contributed by atoms with Gasteiger partial charge in [-0.25, -0.2) is 4.98 Å². The molecule has 15 heavy (non-hydrogen) atoms. The van der Waals surface area contributed by atoms with E-state index in [0.29, 0.717) is 0 Å². The molecule has 4 heteroatoms. The minimum atomic E-state index is 0.773. The van der Waals surface area contributed by atoms with Gasteiger partial charge in [0.15, 0.2) is 0 Å². The number of thiazole rings is 1. The van der Waals surface area contributed by atoms with E-state index >= 15 is 0 Å². The van der Waals surface area contributed by atoms with Crippen molar-refractivity contribution in [2.45, 2.75) is 20.4 Å². The average Bonchev–Trinajstić information content (AvgIpc) is 2.63. The smallest absolute Gasteiger partial charge is 0.0898 e. The molecule has 0 aromatic carbocycles. The molecule has 1 N–H and O–H groups in total. The van der Waals surface area contributed by atoms with Gasteiger partial charge in [0.1, 0.15) is 0 Å². The van der Waals surface area contributed by atoms with Crippen LogP contribution in [-0.2, 0) is 6.54 Å². The summed E-state index contributed by atoms with van der Waals surface area (Å²) in [4.78, 5) is 8.45. The van der Waals surface area contributed by atoms with Crippen molar-refractivity contribution in [2.24, 2.45) is 0 Å². The van der Waals surface area contributed by atoms with Crippen LogP contribution in [-0.4, -0.2) is 9.97 Å². The maximum atomic E-state index is 4.40. The molecule has 0 bridgehead atoms. The molecule has 2 rings (SSSR count). The van der Waals surface area contributed by atoms with Gasteiger partial charge < -0.3 is 5.32 Å². The van der Waals surface area contributed by atoms with Crippen LogP contribution in [0.4, 0.5) is 5.69 Å². The van der Waals surface area contributed by atoms with Crippen LogP contribution in [0.1, 0.15) is 16.3 Å². The van der Waals surface area contributed by atoms with Gasteiger partial charge in [-0.15, -0.1) is 11.3 Å². The topological polar surface area (TPSA) is 37.8 Å². The van der Waals surface area contributed by atoms with Crippen LogP contribution in [0, 0.1) is 13.8 Å². The molecule has 0 saturated heterocycles. The van der Waals surface area contributed by atoms with Gasteiger partial charge in [0.25, 0.3) is 0 Å². The number of aromatic nitrogens is 2. The summed E-state index contributed by atoms with van der Waals surface area (Å²) in [6, 6.07) is 1.98. The van der Waals surface area contributed by atoms with E-state index in [4.69, 9.17) is 0 Å². The third kappa shape index (κ3) is 2.53. The Kier molecular flexibility index (Phi) is 2.97. The molecule has 0 saturated carbocycles. The van der Waals surface area contributed by atoms with Crippen LogP contribution < -0.4 is 5.32 Å². The van der Waals surface area contributed by atoms with E-state index in [1.54, 1.807) is 17.5 Å². The summed E-state index contributed by atoms with van der Waals surface area (Å²) < 4.78 is 0. The van der Waals surface area contributed by atoms with Crippen LogP contribution in [0.25, 0.3) is 0 Å². The zero-order chi connectivity index (χ0) is 10.7. The van der Waals surface area contributed by atoms with Crippen LogP contribution in [0.15, 0.2) is 23.8 Å². The highest BCUT2D eigenvalue weighted by atomic mass is 32.1. The predicted octanol–water partition coefficient (Wildman–Crippen LogP) is 2.77. The molecular formula is C11H13N3S. The molecule has 0 aliphatic carbocycles. The number of rotatable bonds is 3. The Morgan fingerprint density at radius 2 is 2.27 bits per heavy atom. The van der Waals surface area contributed by atoms with Crippen LogP contribution in [0.2, 0.25) is 0 Å². The Morgan fingerprint density at radius 1 is 1.40 bits per heavy atom. The second-order valence-corrected chi connectivity index (χ2v) is 4.46. The standard InChI is InChI=1S/C11H13N3S/c1-8-5-12-4-3-11(8)13-6-10-7-15-9(2)14-10/h3-5,7H,6H2,1-2H3,(H,12,13). The molecule has 2 heterocycles. The number of aryl methyl sites for hydroxylation is 2. The van der Waals surface area contributed by atoms with Gasteiger partial charge in [-0.1, -0.05) is 0 Å². The van der Waals surface area contributed by atoms with E-state index in [2.05, 4.69) is 20.7 Å². The second-order valence-electron chi connectivity index (χ2n) is 3.40. The van der Waals surface area contributed by atoms with Crippen molar-refractivity contribution in [3.63, 3.8) is 0 Å². The number of pyridine rings is 1. The quantitative estimate of drug-likeness (QED) is 0.862. The first-order valence-electron chi connectivity index (χ1n) is 4.81. The van der Waals surface area contributed by atoms with Crippen molar-refractivity contribution in [1.29, 1.82) is 0 Å². The third-order valence-corrected chi connectivity index (χ3v) is 2.97. The molecule has 78 valence electrons. The molecule has 0 unspecified atom stereocenters. The van der Waals surface area contributed by atoms with Crippen molar-refractivity contribution in [2.75, 3.05) is 5.32 Å². The Morgan fingerprint density at radius 3 is 2.93 bits per heavy atom. The number of nitrogens with one attached hydrogen (secondary N) is 1. The molecule has 0 aliphatic rings. The predicted molar refractivity (Wildman–Crippen MR) is 63.2 cm³/mol. The molecule has 0 spiro atoms. The van der Waals surface area contributed by atoms with Crippen molar-refractivity contribution < 1.29 is 0 Å². The van der Waals surface area contributed by atoms with E-state index < -0.39 is 0 Å². The summed E-state index contributed by atoms with van der Waals surface area (Å²) in [5.74, 6) is 0. The maximum Gasteiger partial charge on any atom is 0.0898 e. The van der Waals surface area contributed by atoms with E-state index in [0.717, 1.165) is 28.5 Å². The van der Waals surface area contributed by atoms with Gasteiger partial charge in [0.2, 0.25) is 0 Å². The Bertz CT molecular complexity index is 451. The highest BCUT2D eigenvalue weighted by Crippen LogP contribution is 2.14.